The van der Waals surface area contributed by atoms with Crippen LogP contribution in [0.3, 0.4) is 0 Å². The molecule has 2 rings (SSSR count). The van der Waals surface area contributed by atoms with E-state index in [-0.39, 0.29) is 12.1 Å². The molecule has 0 atom stereocenters. The van der Waals surface area contributed by atoms with Crippen LogP contribution in [0.2, 0.25) is 0 Å². The van der Waals surface area contributed by atoms with E-state index >= 15 is 0 Å². The highest BCUT2D eigenvalue weighted by Gasteiger charge is 2.11. The Morgan fingerprint density at radius 1 is 1.04 bits per heavy atom. The van der Waals surface area contributed by atoms with E-state index in [1.807, 2.05) is 6.07 Å². The standard InChI is InChI=1S/C19H19FN2O5/c1-26-16-7-2-4-13(8-16)10-21-17(23)12-27-18(24)11-22-19(25)14-5-3-6-15(20)9-14/h2-9H,10-12H2,1H3,(H,21,23)(H,22,25). The molecule has 0 saturated heterocycles. The molecular weight excluding hydrogens is 355 g/mol. The van der Waals surface area contributed by atoms with Gasteiger partial charge >= 0.3 is 5.97 Å². The number of carbonyl (C=O) groups excluding carboxylic acids is 3. The fraction of sp³-hybridized carbons (Fsp3) is 0.211. The van der Waals surface area contributed by atoms with Crippen molar-refractivity contribution in [2.24, 2.45) is 0 Å². The van der Waals surface area contributed by atoms with Gasteiger partial charge in [-0.3, -0.25) is 14.4 Å². The van der Waals surface area contributed by atoms with Crippen LogP contribution in [0, 0.1) is 5.82 Å². The van der Waals surface area contributed by atoms with E-state index in [9.17, 15) is 18.8 Å². The van der Waals surface area contributed by atoms with Gasteiger partial charge in [0.15, 0.2) is 6.61 Å². The van der Waals surface area contributed by atoms with Crippen molar-refractivity contribution < 1.29 is 28.2 Å². The Morgan fingerprint density at radius 2 is 1.81 bits per heavy atom. The first-order valence-corrected chi connectivity index (χ1v) is 8.07. The van der Waals surface area contributed by atoms with Crippen LogP contribution in [0.4, 0.5) is 4.39 Å². The smallest absolute Gasteiger partial charge is 0.325 e. The van der Waals surface area contributed by atoms with Crippen molar-refractivity contribution in [3.8, 4) is 5.75 Å². The number of hydrogen-bond donors (Lipinski definition) is 2. The molecule has 0 radical (unpaired) electrons. The van der Waals surface area contributed by atoms with E-state index in [2.05, 4.69) is 10.6 Å². The zero-order chi connectivity index (χ0) is 19.6. The Labute approximate surface area is 155 Å². The Bertz CT molecular complexity index is 825. The third-order valence-electron chi connectivity index (χ3n) is 3.47. The third-order valence-corrected chi connectivity index (χ3v) is 3.47. The number of hydrogen-bond acceptors (Lipinski definition) is 5. The second-order valence-corrected chi connectivity index (χ2v) is 5.48. The van der Waals surface area contributed by atoms with E-state index < -0.39 is 36.8 Å². The van der Waals surface area contributed by atoms with Gasteiger partial charge in [-0.1, -0.05) is 18.2 Å². The SMILES string of the molecule is COc1cccc(CNC(=O)COC(=O)CNC(=O)c2cccc(F)c2)c1. The maximum Gasteiger partial charge on any atom is 0.325 e. The maximum atomic E-state index is 13.1. The van der Waals surface area contributed by atoms with Crippen LogP contribution < -0.4 is 15.4 Å². The lowest BCUT2D eigenvalue weighted by molar-refractivity contribution is -0.147. The number of esters is 1. The largest absolute Gasteiger partial charge is 0.497 e. The normalized spacial score (nSPS) is 10.0. The number of halogens is 1. The van der Waals surface area contributed by atoms with Crippen molar-refractivity contribution in [3.05, 3.63) is 65.5 Å². The van der Waals surface area contributed by atoms with E-state index in [4.69, 9.17) is 9.47 Å². The lowest BCUT2D eigenvalue weighted by atomic mass is 10.2. The van der Waals surface area contributed by atoms with Gasteiger partial charge in [0.05, 0.1) is 7.11 Å². The topological polar surface area (TPSA) is 93.7 Å². The molecule has 0 heterocycles. The molecule has 0 aromatic heterocycles. The minimum Gasteiger partial charge on any atom is -0.497 e. The van der Waals surface area contributed by atoms with Crippen LogP contribution >= 0.6 is 0 Å². The summed E-state index contributed by atoms with van der Waals surface area (Å²) in [6.07, 6.45) is 0. The number of methoxy groups -OCH3 is 1. The van der Waals surface area contributed by atoms with Crippen molar-refractivity contribution in [2.45, 2.75) is 6.54 Å². The van der Waals surface area contributed by atoms with Gasteiger partial charge < -0.3 is 20.1 Å². The second kappa shape index (κ2) is 9.91. The molecule has 27 heavy (non-hydrogen) atoms. The summed E-state index contributed by atoms with van der Waals surface area (Å²) >= 11 is 0. The number of amides is 2. The van der Waals surface area contributed by atoms with Crippen molar-refractivity contribution in [2.75, 3.05) is 20.3 Å². The summed E-state index contributed by atoms with van der Waals surface area (Å²) in [5.74, 6) is -1.77. The highest BCUT2D eigenvalue weighted by molar-refractivity contribution is 5.96. The molecular formula is C19H19FN2O5. The summed E-state index contributed by atoms with van der Waals surface area (Å²) < 4.78 is 22.9. The third kappa shape index (κ3) is 6.77. The lowest BCUT2D eigenvalue weighted by Gasteiger charge is -2.08. The first kappa shape index (κ1) is 19.9. The van der Waals surface area contributed by atoms with E-state index in [0.29, 0.717) is 5.75 Å². The molecule has 0 aliphatic rings. The summed E-state index contributed by atoms with van der Waals surface area (Å²) in [7, 11) is 1.55. The fourth-order valence-electron chi connectivity index (χ4n) is 2.12. The molecule has 0 unspecified atom stereocenters. The molecule has 2 aromatic rings. The molecule has 0 aliphatic carbocycles. The van der Waals surface area contributed by atoms with E-state index in [0.717, 1.165) is 11.6 Å². The monoisotopic (exact) mass is 374 g/mol. The highest BCUT2D eigenvalue weighted by atomic mass is 19.1. The number of carbonyl (C=O) groups is 3. The predicted octanol–water partition coefficient (Wildman–Crippen LogP) is 1.42. The molecule has 2 N–H and O–H groups in total. The zero-order valence-electron chi connectivity index (χ0n) is 14.7. The summed E-state index contributed by atoms with van der Waals surface area (Å²) in [4.78, 5) is 35.1. The lowest BCUT2D eigenvalue weighted by Crippen LogP contribution is -2.33. The van der Waals surface area contributed by atoms with Crippen molar-refractivity contribution in [1.82, 2.24) is 10.6 Å². The van der Waals surface area contributed by atoms with Gasteiger partial charge in [-0.2, -0.15) is 0 Å². The Balaban J connectivity index is 1.68. The van der Waals surface area contributed by atoms with Crippen LogP contribution in [0.15, 0.2) is 48.5 Å². The summed E-state index contributed by atoms with van der Waals surface area (Å²) in [6, 6.07) is 12.2. The molecule has 0 spiro atoms. The molecule has 0 aliphatic heterocycles. The number of nitrogens with one attached hydrogen (secondary N) is 2. The van der Waals surface area contributed by atoms with Gasteiger partial charge in [-0.05, 0) is 35.9 Å². The number of ether oxygens (including phenoxy) is 2. The minimum atomic E-state index is -0.781. The Kier molecular flexibility index (Phi) is 7.30. The van der Waals surface area contributed by atoms with Crippen LogP contribution in [-0.4, -0.2) is 38.0 Å². The zero-order valence-corrected chi connectivity index (χ0v) is 14.7. The molecule has 142 valence electrons. The highest BCUT2D eigenvalue weighted by Crippen LogP contribution is 2.12. The van der Waals surface area contributed by atoms with Gasteiger partial charge in [0.25, 0.3) is 11.8 Å². The molecule has 0 bridgehead atoms. The molecule has 0 fully saturated rings. The Morgan fingerprint density at radius 3 is 2.56 bits per heavy atom. The summed E-state index contributed by atoms with van der Waals surface area (Å²) in [6.45, 7) is -0.652. The van der Waals surface area contributed by atoms with Crippen LogP contribution in [-0.2, 0) is 20.9 Å². The predicted molar refractivity (Wildman–Crippen MR) is 94.5 cm³/mol. The van der Waals surface area contributed by atoms with Gasteiger partial charge in [-0.15, -0.1) is 0 Å². The molecule has 2 amide bonds. The van der Waals surface area contributed by atoms with Gasteiger partial charge in [-0.25, -0.2) is 4.39 Å². The Hall–Kier alpha value is -3.42. The average Bonchev–Trinajstić information content (AvgIpc) is 2.69. The first-order chi connectivity index (χ1) is 13.0. The fourth-order valence-corrected chi connectivity index (χ4v) is 2.12. The number of benzene rings is 2. The quantitative estimate of drug-likeness (QED) is 0.682. The number of rotatable bonds is 8. The van der Waals surface area contributed by atoms with Gasteiger partial charge in [0.2, 0.25) is 0 Å². The van der Waals surface area contributed by atoms with Crippen molar-refractivity contribution in [3.63, 3.8) is 0 Å². The summed E-state index contributed by atoms with van der Waals surface area (Å²) in [5, 5.41) is 4.90. The first-order valence-electron chi connectivity index (χ1n) is 8.07. The van der Waals surface area contributed by atoms with E-state index in [1.54, 1.807) is 25.3 Å². The second-order valence-electron chi connectivity index (χ2n) is 5.48. The van der Waals surface area contributed by atoms with Crippen LogP contribution in [0.25, 0.3) is 0 Å². The van der Waals surface area contributed by atoms with Crippen molar-refractivity contribution in [1.29, 1.82) is 0 Å². The maximum absolute atomic E-state index is 13.1. The van der Waals surface area contributed by atoms with Crippen LogP contribution in [0.1, 0.15) is 15.9 Å². The average molecular weight is 374 g/mol. The molecule has 0 saturated carbocycles. The van der Waals surface area contributed by atoms with Gasteiger partial charge in [0.1, 0.15) is 18.1 Å². The molecule has 7 nitrogen and oxygen atoms in total. The molecule has 8 heteroatoms. The summed E-state index contributed by atoms with van der Waals surface area (Å²) in [5.41, 5.74) is 0.912. The minimum absolute atomic E-state index is 0.0823. The van der Waals surface area contributed by atoms with Crippen molar-refractivity contribution >= 4 is 17.8 Å². The van der Waals surface area contributed by atoms with Gasteiger partial charge in [0, 0.05) is 12.1 Å². The molecule has 2 aromatic carbocycles. The van der Waals surface area contributed by atoms with E-state index in [1.165, 1.54) is 18.2 Å². The van der Waals surface area contributed by atoms with Crippen LogP contribution in [0.5, 0.6) is 5.75 Å².